The topological polar surface area (TPSA) is 52.6 Å². The van der Waals surface area contributed by atoms with Gasteiger partial charge in [0.15, 0.2) is 0 Å². The lowest BCUT2D eigenvalue weighted by molar-refractivity contribution is 0.0393. The summed E-state index contributed by atoms with van der Waals surface area (Å²) in [6.45, 7) is 2.86. The van der Waals surface area contributed by atoms with Gasteiger partial charge in [0, 0.05) is 18.2 Å². The molecule has 0 saturated heterocycles. The number of rotatable bonds is 7. The van der Waals surface area contributed by atoms with Crippen LogP contribution in [0.1, 0.15) is 48.1 Å². The molecule has 0 spiro atoms. The third-order valence-electron chi connectivity index (χ3n) is 6.67. The van der Waals surface area contributed by atoms with E-state index in [4.69, 9.17) is 0 Å². The Morgan fingerprint density at radius 1 is 1.10 bits per heavy atom. The minimum atomic E-state index is -0.136. The Morgan fingerprint density at radius 3 is 2.52 bits per heavy atom. The highest BCUT2D eigenvalue weighted by Gasteiger charge is 2.26. The SMILES string of the molecule is CC(c1ccc(-c2cccc3cc(C(=O)NCCC4CC(O)C4)ccc23)cc1)N(C)C. The lowest BCUT2D eigenvalue weighted by Crippen LogP contribution is -2.32. The summed E-state index contributed by atoms with van der Waals surface area (Å²) in [7, 11) is 4.18. The van der Waals surface area contributed by atoms with Gasteiger partial charge in [-0.3, -0.25) is 4.79 Å². The lowest BCUT2D eigenvalue weighted by Gasteiger charge is -2.31. The van der Waals surface area contributed by atoms with Crippen LogP contribution < -0.4 is 5.32 Å². The molecule has 1 atom stereocenters. The zero-order chi connectivity index (χ0) is 22.0. The van der Waals surface area contributed by atoms with Gasteiger partial charge in [0.1, 0.15) is 0 Å². The number of fused-ring (bicyclic) bond motifs is 1. The Balaban J connectivity index is 1.49. The number of benzene rings is 3. The maximum atomic E-state index is 12.6. The first-order valence-corrected chi connectivity index (χ1v) is 11.2. The van der Waals surface area contributed by atoms with Crippen LogP contribution in [0.25, 0.3) is 21.9 Å². The number of carbonyl (C=O) groups excluding carboxylic acids is 1. The zero-order valence-electron chi connectivity index (χ0n) is 18.6. The maximum Gasteiger partial charge on any atom is 0.251 e. The van der Waals surface area contributed by atoms with Gasteiger partial charge in [-0.05, 0) is 85.8 Å². The van der Waals surface area contributed by atoms with E-state index in [-0.39, 0.29) is 12.0 Å². The first-order chi connectivity index (χ1) is 14.9. The van der Waals surface area contributed by atoms with Gasteiger partial charge in [0.2, 0.25) is 0 Å². The Bertz CT molecular complexity index is 1050. The van der Waals surface area contributed by atoms with Gasteiger partial charge < -0.3 is 15.3 Å². The van der Waals surface area contributed by atoms with Crippen LogP contribution in [-0.4, -0.2) is 42.7 Å². The predicted molar refractivity (Wildman–Crippen MR) is 127 cm³/mol. The van der Waals surface area contributed by atoms with Crippen molar-refractivity contribution in [1.82, 2.24) is 10.2 Å². The van der Waals surface area contributed by atoms with Gasteiger partial charge in [0.05, 0.1) is 6.10 Å². The summed E-state index contributed by atoms with van der Waals surface area (Å²) in [6, 6.07) is 21.3. The van der Waals surface area contributed by atoms with Crippen molar-refractivity contribution >= 4 is 16.7 Å². The number of aliphatic hydroxyl groups is 1. The molecule has 1 amide bonds. The molecule has 1 fully saturated rings. The third-order valence-corrected chi connectivity index (χ3v) is 6.67. The Morgan fingerprint density at radius 2 is 1.84 bits per heavy atom. The third kappa shape index (κ3) is 4.81. The lowest BCUT2D eigenvalue weighted by atomic mass is 9.80. The van der Waals surface area contributed by atoms with Crippen LogP contribution in [0.15, 0.2) is 60.7 Å². The molecular weight excluding hydrogens is 384 g/mol. The van der Waals surface area contributed by atoms with Crippen LogP contribution >= 0.6 is 0 Å². The highest BCUT2D eigenvalue weighted by molar-refractivity contribution is 6.02. The summed E-state index contributed by atoms with van der Waals surface area (Å²) in [5, 5.41) is 14.6. The summed E-state index contributed by atoms with van der Waals surface area (Å²) < 4.78 is 0. The van der Waals surface area contributed by atoms with E-state index in [0.717, 1.165) is 30.0 Å². The van der Waals surface area contributed by atoms with Crippen molar-refractivity contribution in [2.45, 2.75) is 38.3 Å². The van der Waals surface area contributed by atoms with Crippen molar-refractivity contribution < 1.29 is 9.90 Å². The van der Waals surface area contributed by atoms with Crippen LogP contribution in [0, 0.1) is 5.92 Å². The van der Waals surface area contributed by atoms with Gasteiger partial charge in [0.25, 0.3) is 5.91 Å². The standard InChI is InChI=1S/C27H32N2O2/c1-18(29(2)3)20-7-9-21(10-8-20)25-6-4-5-22-17-23(11-12-26(22)25)27(31)28-14-13-19-15-24(30)16-19/h4-12,17-19,24,30H,13-16H2,1-3H3,(H,28,31). The van der Waals surface area contributed by atoms with E-state index < -0.39 is 0 Å². The summed E-state index contributed by atoms with van der Waals surface area (Å²) in [5.41, 5.74) is 4.34. The molecular formula is C27H32N2O2. The van der Waals surface area contributed by atoms with Gasteiger partial charge in [-0.2, -0.15) is 0 Å². The molecule has 4 rings (SSSR count). The molecule has 1 aliphatic carbocycles. The molecule has 0 aromatic heterocycles. The number of nitrogens with zero attached hydrogens (tertiary/aromatic N) is 1. The van der Waals surface area contributed by atoms with Crippen LogP contribution in [0.2, 0.25) is 0 Å². The van der Waals surface area contributed by atoms with E-state index in [1.165, 1.54) is 16.7 Å². The van der Waals surface area contributed by atoms with E-state index in [2.05, 4.69) is 79.8 Å². The monoisotopic (exact) mass is 416 g/mol. The van der Waals surface area contributed by atoms with Gasteiger partial charge in [-0.1, -0.05) is 48.5 Å². The molecule has 3 aromatic carbocycles. The fraction of sp³-hybridized carbons (Fsp3) is 0.370. The summed E-state index contributed by atoms with van der Waals surface area (Å²) in [6.07, 6.45) is 2.53. The van der Waals surface area contributed by atoms with Crippen LogP contribution in [0.5, 0.6) is 0 Å². The number of hydrogen-bond acceptors (Lipinski definition) is 3. The van der Waals surface area contributed by atoms with Crippen LogP contribution in [0.3, 0.4) is 0 Å². The Hall–Kier alpha value is -2.69. The number of nitrogens with one attached hydrogen (secondary N) is 1. The number of carbonyl (C=O) groups is 1. The van der Waals surface area contributed by atoms with E-state index in [0.29, 0.717) is 24.1 Å². The van der Waals surface area contributed by atoms with Crippen molar-refractivity contribution in [3.05, 3.63) is 71.8 Å². The molecule has 4 nitrogen and oxygen atoms in total. The van der Waals surface area contributed by atoms with E-state index >= 15 is 0 Å². The van der Waals surface area contributed by atoms with Gasteiger partial charge in [-0.25, -0.2) is 0 Å². The van der Waals surface area contributed by atoms with Crippen LogP contribution in [0.4, 0.5) is 0 Å². The molecule has 0 radical (unpaired) electrons. The molecule has 2 N–H and O–H groups in total. The molecule has 3 aromatic rings. The Labute approximate surface area is 184 Å². The minimum Gasteiger partial charge on any atom is -0.393 e. The maximum absolute atomic E-state index is 12.6. The van der Waals surface area contributed by atoms with E-state index in [1.807, 2.05) is 12.1 Å². The molecule has 0 bridgehead atoms. The number of aliphatic hydroxyl groups excluding tert-OH is 1. The molecule has 1 aliphatic rings. The second kappa shape index (κ2) is 9.21. The molecule has 1 saturated carbocycles. The second-order valence-electron chi connectivity index (χ2n) is 9.04. The quantitative estimate of drug-likeness (QED) is 0.569. The van der Waals surface area contributed by atoms with E-state index in [9.17, 15) is 9.90 Å². The van der Waals surface area contributed by atoms with Crippen LogP contribution in [-0.2, 0) is 0 Å². The smallest absolute Gasteiger partial charge is 0.251 e. The fourth-order valence-electron chi connectivity index (χ4n) is 4.34. The molecule has 1 unspecified atom stereocenters. The van der Waals surface area contributed by atoms with Crippen molar-refractivity contribution in [3.63, 3.8) is 0 Å². The average Bonchev–Trinajstić information content (AvgIpc) is 2.76. The Kier molecular flexibility index (Phi) is 6.40. The summed E-state index contributed by atoms with van der Waals surface area (Å²) in [5.74, 6) is 0.510. The molecule has 4 heteroatoms. The molecule has 0 heterocycles. The van der Waals surface area contributed by atoms with Crippen molar-refractivity contribution in [2.24, 2.45) is 5.92 Å². The van der Waals surface area contributed by atoms with Gasteiger partial charge in [-0.15, -0.1) is 0 Å². The van der Waals surface area contributed by atoms with Crippen molar-refractivity contribution in [1.29, 1.82) is 0 Å². The van der Waals surface area contributed by atoms with Crippen molar-refractivity contribution in [2.75, 3.05) is 20.6 Å². The van der Waals surface area contributed by atoms with Gasteiger partial charge >= 0.3 is 0 Å². The normalized spacial score (nSPS) is 19.3. The zero-order valence-corrected chi connectivity index (χ0v) is 18.6. The summed E-state index contributed by atoms with van der Waals surface area (Å²) >= 11 is 0. The highest BCUT2D eigenvalue weighted by atomic mass is 16.3. The highest BCUT2D eigenvalue weighted by Crippen LogP contribution is 2.31. The fourth-order valence-corrected chi connectivity index (χ4v) is 4.34. The first kappa shape index (κ1) is 21.5. The average molecular weight is 417 g/mol. The second-order valence-corrected chi connectivity index (χ2v) is 9.04. The summed E-state index contributed by atoms with van der Waals surface area (Å²) in [4.78, 5) is 14.8. The molecule has 162 valence electrons. The van der Waals surface area contributed by atoms with Crippen molar-refractivity contribution in [3.8, 4) is 11.1 Å². The molecule has 31 heavy (non-hydrogen) atoms. The molecule has 0 aliphatic heterocycles. The number of hydrogen-bond donors (Lipinski definition) is 2. The predicted octanol–water partition coefficient (Wildman–Crippen LogP) is 5.02. The number of amides is 1. The largest absolute Gasteiger partial charge is 0.393 e. The van der Waals surface area contributed by atoms with E-state index in [1.54, 1.807) is 0 Å². The minimum absolute atomic E-state index is 0.0331. The first-order valence-electron chi connectivity index (χ1n) is 11.2.